The summed E-state index contributed by atoms with van der Waals surface area (Å²) in [6, 6.07) is 7.04. The van der Waals surface area contributed by atoms with Crippen LogP contribution in [0.5, 0.6) is 0 Å². The molecule has 9 heteroatoms. The summed E-state index contributed by atoms with van der Waals surface area (Å²) in [7, 11) is -3.41. The number of rotatable bonds is 8. The molecule has 0 bridgehead atoms. The summed E-state index contributed by atoms with van der Waals surface area (Å²) >= 11 is 5.86. The van der Waals surface area contributed by atoms with E-state index in [1.807, 2.05) is 37.8 Å². The molecule has 27 heavy (non-hydrogen) atoms. The maximum absolute atomic E-state index is 12.6. The number of carbonyl (C=O) groups is 1. The van der Waals surface area contributed by atoms with Crippen molar-refractivity contribution in [2.45, 2.75) is 33.4 Å². The third kappa shape index (κ3) is 5.65. The first-order valence-corrected chi connectivity index (χ1v) is 11.1. The van der Waals surface area contributed by atoms with Gasteiger partial charge in [0.15, 0.2) is 0 Å². The molecule has 1 N–H and O–H groups in total. The van der Waals surface area contributed by atoms with Crippen LogP contribution < -0.4 is 5.32 Å². The van der Waals surface area contributed by atoms with Gasteiger partial charge in [0, 0.05) is 50.8 Å². The van der Waals surface area contributed by atoms with E-state index in [2.05, 4.69) is 5.32 Å². The van der Waals surface area contributed by atoms with Gasteiger partial charge >= 0.3 is 0 Å². The number of hydrogen-bond donors (Lipinski definition) is 1. The summed E-state index contributed by atoms with van der Waals surface area (Å²) in [5.74, 6) is -0.0648. The Morgan fingerprint density at radius 1 is 1.15 bits per heavy atom. The Hall–Kier alpha value is -1.19. The van der Waals surface area contributed by atoms with Crippen LogP contribution in [-0.2, 0) is 21.5 Å². The summed E-state index contributed by atoms with van der Waals surface area (Å²) < 4.78 is 28.1. The second-order valence-corrected chi connectivity index (χ2v) is 8.91. The first-order chi connectivity index (χ1) is 12.8. The molecule has 1 atom stereocenters. The second-order valence-electron chi connectivity index (χ2n) is 6.55. The van der Waals surface area contributed by atoms with Crippen molar-refractivity contribution in [1.29, 1.82) is 0 Å². The number of amides is 1. The van der Waals surface area contributed by atoms with Gasteiger partial charge in [-0.05, 0) is 24.6 Å². The number of nitrogens with zero attached hydrogens (tertiary/aromatic N) is 3. The molecule has 1 aliphatic heterocycles. The highest BCUT2D eigenvalue weighted by atomic mass is 35.5. The molecule has 7 nitrogen and oxygen atoms in total. The lowest BCUT2D eigenvalue weighted by Gasteiger charge is -2.38. The van der Waals surface area contributed by atoms with Crippen molar-refractivity contribution < 1.29 is 13.2 Å². The van der Waals surface area contributed by atoms with Gasteiger partial charge in [0.25, 0.3) is 10.2 Å². The molecule has 1 unspecified atom stereocenters. The third-order valence-electron chi connectivity index (χ3n) is 4.94. The summed E-state index contributed by atoms with van der Waals surface area (Å²) in [6.45, 7) is 8.76. The molecule has 1 saturated heterocycles. The van der Waals surface area contributed by atoms with E-state index in [0.717, 1.165) is 5.56 Å². The molecule has 1 aromatic carbocycles. The van der Waals surface area contributed by atoms with Gasteiger partial charge in [-0.15, -0.1) is 0 Å². The fourth-order valence-corrected chi connectivity index (χ4v) is 4.87. The topological polar surface area (TPSA) is 73.0 Å². The van der Waals surface area contributed by atoms with Crippen LogP contribution in [0.3, 0.4) is 0 Å². The zero-order valence-electron chi connectivity index (χ0n) is 16.2. The Morgan fingerprint density at radius 3 is 2.22 bits per heavy atom. The highest BCUT2D eigenvalue weighted by Gasteiger charge is 2.33. The molecule has 2 rings (SSSR count). The minimum absolute atomic E-state index is 0.0648. The van der Waals surface area contributed by atoms with E-state index < -0.39 is 10.2 Å². The monoisotopic (exact) mass is 416 g/mol. The van der Waals surface area contributed by atoms with Gasteiger partial charge in [-0.3, -0.25) is 9.69 Å². The fraction of sp³-hybridized carbons (Fsp3) is 0.611. The van der Waals surface area contributed by atoms with E-state index in [0.29, 0.717) is 50.8 Å². The molecule has 1 aromatic rings. The van der Waals surface area contributed by atoms with Gasteiger partial charge in [0.1, 0.15) is 0 Å². The normalized spacial score (nSPS) is 17.8. The standard InChI is InChI=1S/C18H29ClN4O3S/c1-4-22(5-2)27(25,26)23-12-10-21(11-13-23)15(3)18(24)20-14-16-6-8-17(19)9-7-16/h6-9,15H,4-5,10-14H2,1-3H3,(H,20,24). The van der Waals surface area contributed by atoms with E-state index in [-0.39, 0.29) is 11.9 Å². The van der Waals surface area contributed by atoms with Gasteiger partial charge in [0.05, 0.1) is 6.04 Å². The van der Waals surface area contributed by atoms with Gasteiger partial charge in [-0.2, -0.15) is 17.0 Å². The van der Waals surface area contributed by atoms with Crippen molar-refractivity contribution in [1.82, 2.24) is 18.8 Å². The van der Waals surface area contributed by atoms with Gasteiger partial charge in [-0.25, -0.2) is 0 Å². The largest absolute Gasteiger partial charge is 0.351 e. The van der Waals surface area contributed by atoms with Crippen molar-refractivity contribution in [3.63, 3.8) is 0 Å². The SMILES string of the molecule is CCN(CC)S(=O)(=O)N1CCN(C(C)C(=O)NCc2ccc(Cl)cc2)CC1. The molecule has 0 spiro atoms. The van der Waals surface area contributed by atoms with E-state index in [9.17, 15) is 13.2 Å². The quantitative estimate of drug-likeness (QED) is 0.697. The maximum Gasteiger partial charge on any atom is 0.282 e. The molecule has 1 heterocycles. The Labute approximate surface area is 167 Å². The molecule has 1 amide bonds. The van der Waals surface area contributed by atoms with E-state index >= 15 is 0 Å². The average Bonchev–Trinajstić information content (AvgIpc) is 2.67. The predicted octanol–water partition coefficient (Wildman–Crippen LogP) is 1.55. The maximum atomic E-state index is 12.6. The zero-order valence-corrected chi connectivity index (χ0v) is 17.8. The molecule has 1 aliphatic rings. The average molecular weight is 417 g/mol. The summed E-state index contributed by atoms with van der Waals surface area (Å²) in [5.41, 5.74) is 0.982. The number of piperazine rings is 1. The van der Waals surface area contributed by atoms with Crippen molar-refractivity contribution >= 4 is 27.7 Å². The molecule has 152 valence electrons. The first kappa shape index (κ1) is 22.1. The van der Waals surface area contributed by atoms with Crippen LogP contribution >= 0.6 is 11.6 Å². The third-order valence-corrected chi connectivity index (χ3v) is 7.38. The minimum Gasteiger partial charge on any atom is -0.351 e. The van der Waals surface area contributed by atoms with Crippen LogP contribution in [0.4, 0.5) is 0 Å². The summed E-state index contributed by atoms with van der Waals surface area (Å²) in [4.78, 5) is 14.5. The van der Waals surface area contributed by atoms with E-state index in [4.69, 9.17) is 11.6 Å². The van der Waals surface area contributed by atoms with E-state index in [1.54, 1.807) is 12.1 Å². The number of halogens is 1. The first-order valence-electron chi connectivity index (χ1n) is 9.31. The van der Waals surface area contributed by atoms with Crippen LogP contribution in [0, 0.1) is 0 Å². The highest BCUT2D eigenvalue weighted by Crippen LogP contribution is 2.14. The van der Waals surface area contributed by atoms with Crippen molar-refractivity contribution in [3.05, 3.63) is 34.9 Å². The van der Waals surface area contributed by atoms with Gasteiger partial charge in [-0.1, -0.05) is 37.6 Å². The van der Waals surface area contributed by atoms with Crippen LogP contribution in [0.25, 0.3) is 0 Å². The smallest absolute Gasteiger partial charge is 0.282 e. The van der Waals surface area contributed by atoms with Gasteiger partial charge in [0.2, 0.25) is 5.91 Å². The summed E-state index contributed by atoms with van der Waals surface area (Å²) in [5, 5.41) is 3.59. The van der Waals surface area contributed by atoms with E-state index in [1.165, 1.54) is 8.61 Å². The van der Waals surface area contributed by atoms with Crippen molar-refractivity contribution in [2.75, 3.05) is 39.3 Å². The second kappa shape index (κ2) is 9.84. The molecule has 1 fully saturated rings. The number of hydrogen-bond acceptors (Lipinski definition) is 4. The minimum atomic E-state index is -3.41. The Bertz CT molecular complexity index is 715. The van der Waals surface area contributed by atoms with Crippen molar-refractivity contribution in [3.8, 4) is 0 Å². The number of benzene rings is 1. The summed E-state index contributed by atoms with van der Waals surface area (Å²) in [6.07, 6.45) is 0. The number of carbonyl (C=O) groups excluding carboxylic acids is 1. The zero-order chi connectivity index (χ0) is 20.0. The molecular weight excluding hydrogens is 388 g/mol. The molecular formula is C18H29ClN4O3S. The lowest BCUT2D eigenvalue weighted by Crippen LogP contribution is -2.57. The molecule has 0 aromatic heterocycles. The van der Waals surface area contributed by atoms with Crippen LogP contribution in [0.1, 0.15) is 26.3 Å². The Kier molecular flexibility index (Phi) is 8.05. The lowest BCUT2D eigenvalue weighted by atomic mass is 10.2. The predicted molar refractivity (Wildman–Crippen MR) is 108 cm³/mol. The molecule has 0 aliphatic carbocycles. The van der Waals surface area contributed by atoms with Crippen molar-refractivity contribution in [2.24, 2.45) is 0 Å². The fourth-order valence-electron chi connectivity index (χ4n) is 3.14. The molecule has 0 saturated carbocycles. The Morgan fingerprint density at radius 2 is 1.70 bits per heavy atom. The molecule has 0 radical (unpaired) electrons. The number of nitrogens with one attached hydrogen (secondary N) is 1. The van der Waals surface area contributed by atoms with Crippen LogP contribution in [0.2, 0.25) is 5.02 Å². The van der Waals surface area contributed by atoms with Crippen LogP contribution in [0.15, 0.2) is 24.3 Å². The van der Waals surface area contributed by atoms with Crippen LogP contribution in [-0.4, -0.2) is 73.1 Å². The highest BCUT2D eigenvalue weighted by molar-refractivity contribution is 7.86. The Balaban J connectivity index is 1.85. The van der Waals surface area contributed by atoms with Gasteiger partial charge < -0.3 is 5.32 Å². The lowest BCUT2D eigenvalue weighted by molar-refractivity contribution is -0.126.